The molecular formula is C21H33NO2. The van der Waals surface area contributed by atoms with Crippen LogP contribution in [0.4, 0.5) is 0 Å². The van der Waals surface area contributed by atoms with Gasteiger partial charge in [0.05, 0.1) is 5.92 Å². The van der Waals surface area contributed by atoms with Crippen LogP contribution in [0.25, 0.3) is 0 Å². The highest BCUT2D eigenvalue weighted by Crippen LogP contribution is 2.56. The zero-order chi connectivity index (χ0) is 16.9. The van der Waals surface area contributed by atoms with Crippen molar-refractivity contribution in [1.29, 1.82) is 0 Å². The SMILES string of the molecule is C=C1CCC[C@]2(C)C[C@H]3OC(=O)[C@H](CN4CCC[C@H](C)C4)[C@H]3C[C@@H]12. The topological polar surface area (TPSA) is 29.5 Å². The molecule has 2 aliphatic carbocycles. The van der Waals surface area contributed by atoms with E-state index in [2.05, 4.69) is 25.3 Å². The summed E-state index contributed by atoms with van der Waals surface area (Å²) in [6.07, 6.45) is 8.65. The van der Waals surface area contributed by atoms with E-state index in [9.17, 15) is 4.79 Å². The summed E-state index contributed by atoms with van der Waals surface area (Å²) in [7, 11) is 0. The predicted octanol–water partition coefficient (Wildman–Crippen LogP) is 4.03. The number of carbonyl (C=O) groups is 1. The molecule has 2 aliphatic heterocycles. The van der Waals surface area contributed by atoms with Crippen LogP contribution in [0, 0.1) is 29.1 Å². The molecule has 0 spiro atoms. The number of rotatable bonds is 2. The lowest BCUT2D eigenvalue weighted by molar-refractivity contribution is -0.146. The second-order valence-electron chi connectivity index (χ2n) is 9.41. The number of fused-ring (bicyclic) bond motifs is 2. The molecule has 134 valence electrons. The molecule has 0 bridgehead atoms. The Labute approximate surface area is 146 Å². The summed E-state index contributed by atoms with van der Waals surface area (Å²) in [5.74, 6) is 1.96. The first kappa shape index (κ1) is 16.6. The molecule has 24 heavy (non-hydrogen) atoms. The lowest BCUT2D eigenvalue weighted by Gasteiger charge is -2.50. The second kappa shape index (κ2) is 6.16. The number of hydrogen-bond donors (Lipinski definition) is 0. The van der Waals surface area contributed by atoms with Crippen LogP contribution >= 0.6 is 0 Å². The average molecular weight is 332 g/mol. The van der Waals surface area contributed by atoms with E-state index in [1.54, 1.807) is 0 Å². The van der Waals surface area contributed by atoms with E-state index in [1.807, 2.05) is 0 Å². The molecule has 4 fully saturated rings. The quantitative estimate of drug-likeness (QED) is 0.565. The zero-order valence-corrected chi connectivity index (χ0v) is 15.4. The largest absolute Gasteiger partial charge is 0.462 e. The van der Waals surface area contributed by atoms with Crippen LogP contribution in [0.15, 0.2) is 12.2 Å². The molecule has 0 amide bonds. The van der Waals surface area contributed by atoms with Crippen LogP contribution in [-0.4, -0.2) is 36.6 Å². The van der Waals surface area contributed by atoms with Gasteiger partial charge in [0.15, 0.2) is 0 Å². The highest BCUT2D eigenvalue weighted by molar-refractivity contribution is 5.75. The Balaban J connectivity index is 1.49. The van der Waals surface area contributed by atoms with Crippen molar-refractivity contribution in [2.75, 3.05) is 19.6 Å². The molecule has 0 aromatic heterocycles. The van der Waals surface area contributed by atoms with Crippen molar-refractivity contribution in [2.24, 2.45) is 29.1 Å². The standard InChI is InChI=1S/C21H33NO2/c1-14-6-5-9-22(12-14)13-17-16-10-18-15(2)7-4-8-21(18,3)11-19(16)24-20(17)23/h14,16-19H,2,4-13H2,1,3H3/t14-,16+,17+,18-,19+,21+/m0/s1. The minimum absolute atomic E-state index is 0.0797. The van der Waals surface area contributed by atoms with E-state index in [0.29, 0.717) is 17.3 Å². The van der Waals surface area contributed by atoms with E-state index in [0.717, 1.165) is 38.4 Å². The van der Waals surface area contributed by atoms with Gasteiger partial charge in [-0.1, -0.05) is 26.0 Å². The van der Waals surface area contributed by atoms with Gasteiger partial charge in [-0.15, -0.1) is 0 Å². The molecule has 0 unspecified atom stereocenters. The smallest absolute Gasteiger partial charge is 0.310 e. The first-order chi connectivity index (χ1) is 11.5. The molecule has 0 N–H and O–H groups in total. The third-order valence-corrected chi connectivity index (χ3v) is 7.52. The molecule has 3 nitrogen and oxygen atoms in total. The van der Waals surface area contributed by atoms with E-state index < -0.39 is 0 Å². The Morgan fingerprint density at radius 2 is 2.21 bits per heavy atom. The lowest BCUT2D eigenvalue weighted by atomic mass is 9.55. The number of likely N-dealkylation sites (tertiary alicyclic amines) is 1. The minimum atomic E-state index is 0.0797. The van der Waals surface area contributed by atoms with Crippen LogP contribution < -0.4 is 0 Å². The van der Waals surface area contributed by atoms with E-state index in [-0.39, 0.29) is 18.0 Å². The van der Waals surface area contributed by atoms with Crippen molar-refractivity contribution in [3.05, 3.63) is 12.2 Å². The molecular weight excluding hydrogens is 298 g/mol. The Hall–Kier alpha value is -0.830. The fourth-order valence-corrected chi connectivity index (χ4v) is 6.20. The first-order valence-electron chi connectivity index (χ1n) is 10.1. The average Bonchev–Trinajstić information content (AvgIpc) is 2.80. The molecule has 0 aromatic rings. The third-order valence-electron chi connectivity index (χ3n) is 7.52. The Bertz CT molecular complexity index is 530. The van der Waals surface area contributed by atoms with Crippen LogP contribution in [0.2, 0.25) is 0 Å². The van der Waals surface area contributed by atoms with Gasteiger partial charge in [-0.3, -0.25) is 4.79 Å². The summed E-state index contributed by atoms with van der Waals surface area (Å²) in [5, 5.41) is 0. The molecule has 0 radical (unpaired) electrons. The number of esters is 1. The number of nitrogens with zero attached hydrogens (tertiary/aromatic N) is 1. The highest BCUT2D eigenvalue weighted by atomic mass is 16.6. The van der Waals surface area contributed by atoms with Gasteiger partial charge >= 0.3 is 5.97 Å². The molecule has 2 saturated heterocycles. The maximum Gasteiger partial charge on any atom is 0.310 e. The van der Waals surface area contributed by atoms with Crippen molar-refractivity contribution in [3.63, 3.8) is 0 Å². The van der Waals surface area contributed by atoms with Crippen LogP contribution in [-0.2, 0) is 9.53 Å². The van der Waals surface area contributed by atoms with Crippen LogP contribution in [0.5, 0.6) is 0 Å². The maximum atomic E-state index is 12.6. The lowest BCUT2D eigenvalue weighted by Crippen LogP contribution is -2.46. The fraction of sp³-hybridized carbons (Fsp3) is 0.857. The molecule has 6 atom stereocenters. The molecule has 2 saturated carbocycles. The Morgan fingerprint density at radius 3 is 3.00 bits per heavy atom. The summed E-state index contributed by atoms with van der Waals surface area (Å²) in [5.41, 5.74) is 1.75. The van der Waals surface area contributed by atoms with Crippen molar-refractivity contribution < 1.29 is 9.53 Å². The van der Waals surface area contributed by atoms with Crippen molar-refractivity contribution in [3.8, 4) is 0 Å². The zero-order valence-electron chi connectivity index (χ0n) is 15.4. The summed E-state index contributed by atoms with van der Waals surface area (Å²) in [6.45, 7) is 12.4. The number of ether oxygens (including phenoxy) is 1. The number of piperidine rings is 1. The van der Waals surface area contributed by atoms with Crippen molar-refractivity contribution in [2.45, 2.75) is 64.9 Å². The van der Waals surface area contributed by atoms with Crippen molar-refractivity contribution >= 4 is 5.97 Å². The highest BCUT2D eigenvalue weighted by Gasteiger charge is 2.55. The fourth-order valence-electron chi connectivity index (χ4n) is 6.20. The maximum absolute atomic E-state index is 12.6. The van der Waals surface area contributed by atoms with Gasteiger partial charge in [0.1, 0.15) is 6.10 Å². The van der Waals surface area contributed by atoms with Crippen LogP contribution in [0.3, 0.4) is 0 Å². The van der Waals surface area contributed by atoms with Gasteiger partial charge in [0.2, 0.25) is 0 Å². The van der Waals surface area contributed by atoms with Gasteiger partial charge in [0.25, 0.3) is 0 Å². The molecule has 3 heteroatoms. The number of carbonyl (C=O) groups excluding carboxylic acids is 1. The van der Waals surface area contributed by atoms with Crippen LogP contribution in [0.1, 0.15) is 58.8 Å². The number of allylic oxidation sites excluding steroid dienone is 1. The molecule has 0 aromatic carbocycles. The van der Waals surface area contributed by atoms with Gasteiger partial charge in [-0.25, -0.2) is 0 Å². The van der Waals surface area contributed by atoms with Gasteiger partial charge in [-0.2, -0.15) is 0 Å². The van der Waals surface area contributed by atoms with Gasteiger partial charge in [0, 0.05) is 19.0 Å². The summed E-state index contributed by atoms with van der Waals surface area (Å²) < 4.78 is 5.90. The van der Waals surface area contributed by atoms with E-state index in [1.165, 1.54) is 37.7 Å². The van der Waals surface area contributed by atoms with E-state index >= 15 is 0 Å². The first-order valence-corrected chi connectivity index (χ1v) is 10.1. The predicted molar refractivity (Wildman–Crippen MR) is 95.5 cm³/mol. The minimum Gasteiger partial charge on any atom is -0.462 e. The van der Waals surface area contributed by atoms with Gasteiger partial charge in [-0.05, 0) is 68.7 Å². The molecule has 4 rings (SSSR count). The van der Waals surface area contributed by atoms with E-state index in [4.69, 9.17) is 4.74 Å². The summed E-state index contributed by atoms with van der Waals surface area (Å²) >= 11 is 0. The Kier molecular flexibility index (Phi) is 4.27. The van der Waals surface area contributed by atoms with Crippen molar-refractivity contribution in [1.82, 2.24) is 4.90 Å². The Morgan fingerprint density at radius 1 is 1.38 bits per heavy atom. The normalized spacial score (nSPS) is 46.3. The summed E-state index contributed by atoms with van der Waals surface area (Å²) in [6, 6.07) is 0. The monoisotopic (exact) mass is 331 g/mol. The molecule has 4 aliphatic rings. The number of hydrogen-bond acceptors (Lipinski definition) is 3. The summed E-state index contributed by atoms with van der Waals surface area (Å²) in [4.78, 5) is 15.1. The van der Waals surface area contributed by atoms with Gasteiger partial charge < -0.3 is 9.64 Å². The second-order valence-corrected chi connectivity index (χ2v) is 9.41. The molecule has 2 heterocycles. The third kappa shape index (κ3) is 2.83.